The first-order valence-electron chi connectivity index (χ1n) is 7.83. The van der Waals surface area contributed by atoms with Gasteiger partial charge in [0.2, 0.25) is 0 Å². The summed E-state index contributed by atoms with van der Waals surface area (Å²) in [6.07, 6.45) is 11.5. The summed E-state index contributed by atoms with van der Waals surface area (Å²) < 4.78 is 0. The molecule has 0 spiro atoms. The van der Waals surface area contributed by atoms with Crippen LogP contribution in [0.5, 0.6) is 0 Å². The Kier molecular flexibility index (Phi) is 3.45. The highest BCUT2D eigenvalue weighted by Gasteiger charge is 2.57. The van der Waals surface area contributed by atoms with Crippen LogP contribution >= 0.6 is 0 Å². The Morgan fingerprint density at radius 2 is 1.76 bits per heavy atom. The Balaban J connectivity index is 1.67. The van der Waals surface area contributed by atoms with Gasteiger partial charge in [0.15, 0.2) is 0 Å². The third kappa shape index (κ3) is 2.04. The topological polar surface area (TPSA) is 38.0 Å². The minimum Gasteiger partial charge on any atom is -0.271 e. The van der Waals surface area contributed by atoms with E-state index in [9.17, 15) is 0 Å². The highest BCUT2D eigenvalue weighted by Crippen LogP contribution is 2.60. The van der Waals surface area contributed by atoms with Crippen molar-refractivity contribution in [3.63, 3.8) is 0 Å². The van der Waals surface area contributed by atoms with Crippen LogP contribution in [0.2, 0.25) is 0 Å². The molecule has 0 heterocycles. The normalized spacial score (nSPS) is 46.6. The summed E-state index contributed by atoms with van der Waals surface area (Å²) >= 11 is 0. The molecule has 2 heteroatoms. The zero-order valence-electron chi connectivity index (χ0n) is 11.2. The minimum atomic E-state index is 0.635. The first-order valence-corrected chi connectivity index (χ1v) is 7.83. The van der Waals surface area contributed by atoms with Crippen molar-refractivity contribution >= 4 is 0 Å². The van der Waals surface area contributed by atoms with E-state index in [1.165, 1.54) is 51.4 Å². The van der Waals surface area contributed by atoms with Gasteiger partial charge in [-0.25, -0.2) is 0 Å². The molecule has 5 unspecified atom stereocenters. The molecule has 3 aliphatic carbocycles. The lowest BCUT2D eigenvalue weighted by Crippen LogP contribution is -2.47. The molecular formula is C15H28N2. The molecule has 0 radical (unpaired) electrons. The van der Waals surface area contributed by atoms with Gasteiger partial charge in [0, 0.05) is 6.04 Å². The highest BCUT2D eigenvalue weighted by molar-refractivity contribution is 5.08. The molecule has 3 fully saturated rings. The van der Waals surface area contributed by atoms with Gasteiger partial charge in [0.25, 0.3) is 0 Å². The third-order valence-electron chi connectivity index (χ3n) is 6.03. The number of nitrogens with one attached hydrogen (secondary N) is 1. The van der Waals surface area contributed by atoms with Gasteiger partial charge in [-0.2, -0.15) is 0 Å². The standard InChI is InChI=1S/C15H28N2/c1-2-10-6-3-4-7-11(10)15(17-16)14-12-8-5-9-13(12)14/h10-15,17H,2-9,16H2,1H3. The van der Waals surface area contributed by atoms with Crippen molar-refractivity contribution in [2.24, 2.45) is 35.4 Å². The molecule has 0 aromatic carbocycles. The van der Waals surface area contributed by atoms with Gasteiger partial charge < -0.3 is 0 Å². The average Bonchev–Trinajstić information content (AvgIpc) is 2.85. The molecule has 3 N–H and O–H groups in total. The quantitative estimate of drug-likeness (QED) is 0.581. The van der Waals surface area contributed by atoms with Crippen LogP contribution in [0.3, 0.4) is 0 Å². The van der Waals surface area contributed by atoms with Crippen molar-refractivity contribution in [1.29, 1.82) is 0 Å². The molecule has 17 heavy (non-hydrogen) atoms. The second kappa shape index (κ2) is 4.89. The van der Waals surface area contributed by atoms with Gasteiger partial charge in [-0.3, -0.25) is 11.3 Å². The van der Waals surface area contributed by atoms with E-state index in [1.54, 1.807) is 0 Å². The van der Waals surface area contributed by atoms with Crippen LogP contribution in [0.25, 0.3) is 0 Å². The summed E-state index contributed by atoms with van der Waals surface area (Å²) in [5.74, 6) is 10.7. The van der Waals surface area contributed by atoms with Crippen LogP contribution in [0.1, 0.15) is 58.3 Å². The van der Waals surface area contributed by atoms with Crippen LogP contribution in [-0.2, 0) is 0 Å². The SMILES string of the molecule is CCC1CCCCC1C(NN)C1C2CCCC21. The lowest BCUT2D eigenvalue weighted by molar-refractivity contribution is 0.153. The van der Waals surface area contributed by atoms with Gasteiger partial charge in [0.05, 0.1) is 0 Å². The molecule has 2 nitrogen and oxygen atoms in total. The van der Waals surface area contributed by atoms with Crippen LogP contribution in [0.15, 0.2) is 0 Å². The Hall–Kier alpha value is -0.0800. The first kappa shape index (κ1) is 12.0. The molecule has 0 bridgehead atoms. The zero-order valence-corrected chi connectivity index (χ0v) is 11.2. The van der Waals surface area contributed by atoms with Gasteiger partial charge in [-0.15, -0.1) is 0 Å². The van der Waals surface area contributed by atoms with Crippen molar-refractivity contribution in [3.05, 3.63) is 0 Å². The number of hydrogen-bond acceptors (Lipinski definition) is 2. The fourth-order valence-corrected chi connectivity index (χ4v) is 5.15. The predicted molar refractivity (Wildman–Crippen MR) is 71.2 cm³/mol. The van der Waals surface area contributed by atoms with E-state index in [2.05, 4.69) is 12.3 Å². The van der Waals surface area contributed by atoms with Crippen LogP contribution in [0.4, 0.5) is 0 Å². The molecule has 3 rings (SSSR count). The summed E-state index contributed by atoms with van der Waals surface area (Å²) in [7, 11) is 0. The molecule has 0 aromatic heterocycles. The highest BCUT2D eigenvalue weighted by atomic mass is 15.2. The average molecular weight is 236 g/mol. The Morgan fingerprint density at radius 1 is 1.06 bits per heavy atom. The molecule has 0 aliphatic heterocycles. The molecule has 0 aromatic rings. The Morgan fingerprint density at radius 3 is 2.41 bits per heavy atom. The van der Waals surface area contributed by atoms with Crippen LogP contribution in [-0.4, -0.2) is 6.04 Å². The van der Waals surface area contributed by atoms with Crippen LogP contribution in [0, 0.1) is 29.6 Å². The predicted octanol–water partition coefficient (Wildman–Crippen LogP) is 3.08. The van der Waals surface area contributed by atoms with Gasteiger partial charge >= 0.3 is 0 Å². The maximum atomic E-state index is 5.91. The molecular weight excluding hydrogens is 208 g/mol. The number of fused-ring (bicyclic) bond motifs is 1. The monoisotopic (exact) mass is 236 g/mol. The lowest BCUT2D eigenvalue weighted by Gasteiger charge is -2.37. The summed E-state index contributed by atoms with van der Waals surface area (Å²) in [5.41, 5.74) is 3.23. The molecule has 3 saturated carbocycles. The number of nitrogens with two attached hydrogens (primary N) is 1. The second-order valence-electron chi connectivity index (χ2n) is 6.65. The largest absolute Gasteiger partial charge is 0.271 e. The van der Waals surface area contributed by atoms with E-state index in [1.807, 2.05) is 0 Å². The van der Waals surface area contributed by atoms with E-state index >= 15 is 0 Å². The summed E-state index contributed by atoms with van der Waals surface area (Å²) in [5, 5.41) is 0. The Bertz CT molecular complexity index is 256. The minimum absolute atomic E-state index is 0.635. The van der Waals surface area contributed by atoms with E-state index < -0.39 is 0 Å². The van der Waals surface area contributed by atoms with Crippen molar-refractivity contribution < 1.29 is 0 Å². The van der Waals surface area contributed by atoms with Gasteiger partial charge in [-0.05, 0) is 48.9 Å². The molecule has 0 saturated heterocycles. The van der Waals surface area contributed by atoms with Crippen molar-refractivity contribution in [2.75, 3.05) is 0 Å². The summed E-state index contributed by atoms with van der Waals surface area (Å²) in [4.78, 5) is 0. The van der Waals surface area contributed by atoms with Crippen molar-refractivity contribution in [3.8, 4) is 0 Å². The van der Waals surface area contributed by atoms with Crippen LogP contribution < -0.4 is 11.3 Å². The number of hydrazine groups is 1. The summed E-state index contributed by atoms with van der Waals surface area (Å²) in [6, 6.07) is 0.635. The van der Waals surface area contributed by atoms with Gasteiger partial charge in [-0.1, -0.05) is 39.0 Å². The smallest absolute Gasteiger partial charge is 0.0275 e. The van der Waals surface area contributed by atoms with E-state index in [0.717, 1.165) is 29.6 Å². The van der Waals surface area contributed by atoms with Gasteiger partial charge in [0.1, 0.15) is 0 Å². The fraction of sp³-hybridized carbons (Fsp3) is 1.00. The first-order chi connectivity index (χ1) is 8.36. The number of hydrogen-bond donors (Lipinski definition) is 2. The molecule has 0 amide bonds. The van der Waals surface area contributed by atoms with Crippen molar-refractivity contribution in [1.82, 2.24) is 5.43 Å². The molecule has 5 atom stereocenters. The lowest BCUT2D eigenvalue weighted by atomic mass is 9.72. The fourth-order valence-electron chi connectivity index (χ4n) is 5.15. The molecule has 98 valence electrons. The van der Waals surface area contributed by atoms with E-state index in [0.29, 0.717) is 6.04 Å². The zero-order chi connectivity index (χ0) is 11.8. The summed E-state index contributed by atoms with van der Waals surface area (Å²) in [6.45, 7) is 2.37. The van der Waals surface area contributed by atoms with E-state index in [-0.39, 0.29) is 0 Å². The maximum Gasteiger partial charge on any atom is 0.0275 e. The Labute approximate surface area is 106 Å². The molecule has 3 aliphatic rings. The maximum absolute atomic E-state index is 5.91. The van der Waals surface area contributed by atoms with Crippen molar-refractivity contribution in [2.45, 2.75) is 64.3 Å². The number of rotatable bonds is 4. The third-order valence-corrected chi connectivity index (χ3v) is 6.03. The second-order valence-corrected chi connectivity index (χ2v) is 6.65. The van der Waals surface area contributed by atoms with E-state index in [4.69, 9.17) is 5.84 Å².